The maximum atomic E-state index is 13.7. The molecule has 3 aromatic rings. The average molecular weight is 488 g/mol. The Labute approximate surface area is 208 Å². The highest BCUT2D eigenvalue weighted by atomic mass is 19.1. The first-order valence-corrected chi connectivity index (χ1v) is 11.7. The molecule has 0 aliphatic carbocycles. The van der Waals surface area contributed by atoms with E-state index in [4.69, 9.17) is 0 Å². The number of rotatable bonds is 9. The van der Waals surface area contributed by atoms with E-state index in [1.807, 2.05) is 30.3 Å². The van der Waals surface area contributed by atoms with Crippen LogP contribution in [-0.2, 0) is 22.6 Å². The molecule has 1 atom stereocenters. The largest absolute Gasteiger partial charge is 0.350 e. The van der Waals surface area contributed by atoms with Crippen molar-refractivity contribution in [3.63, 3.8) is 0 Å². The number of nitrogens with zero attached hydrogens (tertiary/aromatic N) is 2. The maximum Gasteiger partial charge on any atom is 0.262 e. The van der Waals surface area contributed by atoms with Gasteiger partial charge >= 0.3 is 0 Å². The molecule has 0 aromatic heterocycles. The summed E-state index contributed by atoms with van der Waals surface area (Å²) in [5, 5.41) is 2.73. The predicted octanol–water partition coefficient (Wildman–Crippen LogP) is 3.20. The van der Waals surface area contributed by atoms with Gasteiger partial charge in [0.15, 0.2) is 0 Å². The summed E-state index contributed by atoms with van der Waals surface area (Å²) < 4.78 is 13.1. The van der Waals surface area contributed by atoms with E-state index in [9.17, 15) is 23.6 Å². The summed E-state index contributed by atoms with van der Waals surface area (Å²) >= 11 is 0. The van der Waals surface area contributed by atoms with Crippen LogP contribution in [0.3, 0.4) is 0 Å². The number of halogens is 1. The Morgan fingerprint density at radius 3 is 2.03 bits per heavy atom. The van der Waals surface area contributed by atoms with Gasteiger partial charge in [-0.15, -0.1) is 0 Å². The van der Waals surface area contributed by atoms with E-state index in [0.29, 0.717) is 5.56 Å². The average Bonchev–Trinajstić information content (AvgIpc) is 3.15. The molecule has 1 aliphatic heterocycles. The highest BCUT2D eigenvalue weighted by Crippen LogP contribution is 2.27. The Hall–Kier alpha value is -4.33. The Morgan fingerprint density at radius 1 is 0.861 bits per heavy atom. The van der Waals surface area contributed by atoms with Gasteiger partial charge in [0.1, 0.15) is 11.9 Å². The first-order valence-electron chi connectivity index (χ1n) is 11.7. The van der Waals surface area contributed by atoms with Crippen LogP contribution < -0.4 is 5.32 Å². The van der Waals surface area contributed by atoms with E-state index in [-0.39, 0.29) is 43.0 Å². The van der Waals surface area contributed by atoms with E-state index in [0.717, 1.165) is 10.5 Å². The molecule has 1 aliphatic rings. The van der Waals surface area contributed by atoms with Crippen molar-refractivity contribution in [3.05, 3.63) is 107 Å². The van der Waals surface area contributed by atoms with E-state index in [1.165, 1.54) is 17.0 Å². The molecule has 0 saturated carbocycles. The van der Waals surface area contributed by atoms with Gasteiger partial charge < -0.3 is 10.2 Å². The summed E-state index contributed by atoms with van der Waals surface area (Å²) in [4.78, 5) is 55.1. The lowest BCUT2D eigenvalue weighted by Crippen LogP contribution is -2.53. The number of benzene rings is 3. The quantitative estimate of drug-likeness (QED) is 0.470. The molecule has 184 valence electrons. The molecule has 0 radical (unpaired) electrons. The van der Waals surface area contributed by atoms with Gasteiger partial charge in [-0.1, -0.05) is 54.6 Å². The molecular weight excluding hydrogens is 461 g/mol. The Morgan fingerprint density at radius 2 is 1.44 bits per heavy atom. The third-order valence-corrected chi connectivity index (χ3v) is 6.12. The van der Waals surface area contributed by atoms with Crippen LogP contribution in [-0.4, -0.2) is 52.6 Å². The number of imide groups is 1. The molecule has 1 heterocycles. The normalized spacial score (nSPS) is 13.3. The number of amides is 4. The number of fused-ring (bicyclic) bond motifs is 1. The Kier molecular flexibility index (Phi) is 7.53. The van der Waals surface area contributed by atoms with Gasteiger partial charge in [-0.05, 0) is 42.3 Å². The molecule has 1 N–H and O–H groups in total. The number of carbonyl (C=O) groups excluding carboxylic acids is 4. The minimum Gasteiger partial charge on any atom is -0.350 e. The molecule has 0 fully saturated rings. The molecule has 4 amide bonds. The zero-order valence-electron chi connectivity index (χ0n) is 19.8. The van der Waals surface area contributed by atoms with Crippen LogP contribution >= 0.6 is 0 Å². The Balaban J connectivity index is 1.53. The van der Waals surface area contributed by atoms with Crippen molar-refractivity contribution in [2.45, 2.75) is 25.9 Å². The van der Waals surface area contributed by atoms with Crippen molar-refractivity contribution in [1.82, 2.24) is 15.1 Å². The van der Waals surface area contributed by atoms with Crippen LogP contribution in [0.2, 0.25) is 0 Å². The van der Waals surface area contributed by atoms with E-state index < -0.39 is 29.7 Å². The van der Waals surface area contributed by atoms with Crippen LogP contribution in [0, 0.1) is 5.82 Å². The second-order valence-corrected chi connectivity index (χ2v) is 8.49. The highest BCUT2D eigenvalue weighted by Gasteiger charge is 2.43. The van der Waals surface area contributed by atoms with Crippen molar-refractivity contribution >= 4 is 23.6 Å². The second-order valence-electron chi connectivity index (χ2n) is 8.49. The minimum atomic E-state index is -1.11. The number of likely N-dealkylation sites (N-methyl/N-ethyl adjacent to an activating group) is 1. The Bertz CT molecular complexity index is 1240. The lowest BCUT2D eigenvalue weighted by atomic mass is 10.0. The fourth-order valence-electron chi connectivity index (χ4n) is 4.21. The van der Waals surface area contributed by atoms with Gasteiger partial charge in [-0.3, -0.25) is 24.1 Å². The lowest BCUT2D eigenvalue weighted by molar-refractivity contribution is -0.139. The standard InChI is InChI=1S/C28H26FN3O4/c1-2-31(18-25(33)30-17-20-12-14-21(29)15-13-20)28(36)24(16-19-8-4-3-5-9-19)32-26(34)22-10-6-7-11-23(22)27(32)35/h3-15,24H,2,16-18H2,1H3,(H,30,33). The number of nitrogens with one attached hydrogen (secondary N) is 1. The molecule has 7 nitrogen and oxygen atoms in total. The summed E-state index contributed by atoms with van der Waals surface area (Å²) in [5.41, 5.74) is 2.01. The molecule has 0 bridgehead atoms. The first kappa shape index (κ1) is 24.8. The van der Waals surface area contributed by atoms with Crippen LogP contribution in [0.4, 0.5) is 4.39 Å². The molecule has 36 heavy (non-hydrogen) atoms. The summed E-state index contributed by atoms with van der Waals surface area (Å²) in [5.74, 6) is -2.32. The van der Waals surface area contributed by atoms with Crippen molar-refractivity contribution in [2.75, 3.05) is 13.1 Å². The van der Waals surface area contributed by atoms with Gasteiger partial charge in [0.25, 0.3) is 11.8 Å². The summed E-state index contributed by atoms with van der Waals surface area (Å²) in [6.45, 7) is 1.87. The van der Waals surface area contributed by atoms with Crippen LogP contribution in [0.15, 0.2) is 78.9 Å². The first-order chi connectivity index (χ1) is 17.4. The molecule has 3 aromatic carbocycles. The molecule has 1 unspecified atom stereocenters. The number of hydrogen-bond donors (Lipinski definition) is 1. The van der Waals surface area contributed by atoms with Crippen LogP contribution in [0.25, 0.3) is 0 Å². The third kappa shape index (κ3) is 5.33. The summed E-state index contributed by atoms with van der Waals surface area (Å²) in [6, 6.07) is 20.2. The topological polar surface area (TPSA) is 86.8 Å². The van der Waals surface area contributed by atoms with E-state index >= 15 is 0 Å². The summed E-state index contributed by atoms with van der Waals surface area (Å²) in [7, 11) is 0. The van der Waals surface area contributed by atoms with Gasteiger partial charge in [0.2, 0.25) is 11.8 Å². The SMILES string of the molecule is CCN(CC(=O)NCc1ccc(F)cc1)C(=O)C(Cc1ccccc1)N1C(=O)c2ccccc2C1=O. The fraction of sp³-hybridized carbons (Fsp3) is 0.214. The van der Waals surface area contributed by atoms with Crippen molar-refractivity contribution in [2.24, 2.45) is 0 Å². The van der Waals surface area contributed by atoms with Crippen LogP contribution in [0.5, 0.6) is 0 Å². The zero-order valence-corrected chi connectivity index (χ0v) is 19.8. The third-order valence-electron chi connectivity index (χ3n) is 6.12. The van der Waals surface area contributed by atoms with Gasteiger partial charge in [0.05, 0.1) is 17.7 Å². The molecule has 0 spiro atoms. The second kappa shape index (κ2) is 10.9. The smallest absolute Gasteiger partial charge is 0.262 e. The minimum absolute atomic E-state index is 0.124. The van der Waals surface area contributed by atoms with Gasteiger partial charge in [0, 0.05) is 19.5 Å². The predicted molar refractivity (Wildman–Crippen MR) is 131 cm³/mol. The molecule has 8 heteroatoms. The van der Waals surface area contributed by atoms with Gasteiger partial charge in [-0.25, -0.2) is 4.39 Å². The number of carbonyl (C=O) groups is 4. The zero-order chi connectivity index (χ0) is 25.7. The van der Waals surface area contributed by atoms with Crippen molar-refractivity contribution < 1.29 is 23.6 Å². The maximum absolute atomic E-state index is 13.7. The lowest BCUT2D eigenvalue weighted by Gasteiger charge is -2.31. The molecular formula is C28H26FN3O4. The van der Waals surface area contributed by atoms with E-state index in [1.54, 1.807) is 43.3 Å². The van der Waals surface area contributed by atoms with E-state index in [2.05, 4.69) is 5.32 Å². The van der Waals surface area contributed by atoms with Crippen molar-refractivity contribution in [3.8, 4) is 0 Å². The molecule has 0 saturated heterocycles. The summed E-state index contributed by atoms with van der Waals surface area (Å²) in [6.07, 6.45) is 0.124. The highest BCUT2D eigenvalue weighted by molar-refractivity contribution is 6.22. The van der Waals surface area contributed by atoms with Crippen LogP contribution in [0.1, 0.15) is 38.8 Å². The fourth-order valence-corrected chi connectivity index (χ4v) is 4.21. The monoisotopic (exact) mass is 487 g/mol. The van der Waals surface area contributed by atoms with Gasteiger partial charge in [-0.2, -0.15) is 0 Å². The van der Waals surface area contributed by atoms with Crippen molar-refractivity contribution in [1.29, 1.82) is 0 Å². The molecule has 4 rings (SSSR count). The number of hydrogen-bond acceptors (Lipinski definition) is 4.